The lowest BCUT2D eigenvalue weighted by atomic mass is 9.65. The van der Waals surface area contributed by atoms with E-state index in [-0.39, 0.29) is 22.6 Å². The van der Waals surface area contributed by atoms with Gasteiger partial charge in [0.2, 0.25) is 0 Å². The van der Waals surface area contributed by atoms with Crippen LogP contribution < -0.4 is 5.32 Å². The van der Waals surface area contributed by atoms with Crippen LogP contribution in [0.2, 0.25) is 0 Å². The van der Waals surface area contributed by atoms with Crippen molar-refractivity contribution in [3.05, 3.63) is 101 Å². The lowest BCUT2D eigenvalue weighted by Gasteiger charge is -2.39. The highest BCUT2D eigenvalue weighted by atomic mass is 32.2. The SMILES string of the molecule is Cc1cc(S(=O)(=O)C(F)(F)F)ccc1NC(=O)C1=C(O)C2=CC=CCC2(C)C(c2ccc(F)cc2)=C1. The van der Waals surface area contributed by atoms with Crippen LogP contribution >= 0.6 is 0 Å². The zero-order valence-corrected chi connectivity index (χ0v) is 20.0. The van der Waals surface area contributed by atoms with Crippen LogP contribution in [0.25, 0.3) is 5.57 Å². The molecule has 0 saturated heterocycles. The second-order valence-corrected chi connectivity index (χ2v) is 10.7. The summed E-state index contributed by atoms with van der Waals surface area (Å²) in [5, 5.41) is 13.5. The fourth-order valence-corrected chi connectivity index (χ4v) is 5.19. The fraction of sp³-hybridized carbons (Fsp3) is 0.192. The van der Waals surface area contributed by atoms with Crippen molar-refractivity contribution in [2.45, 2.75) is 30.7 Å². The largest absolute Gasteiger partial charge is 0.507 e. The molecule has 0 heterocycles. The Morgan fingerprint density at radius 2 is 1.75 bits per heavy atom. The molecule has 188 valence electrons. The molecule has 0 fully saturated rings. The van der Waals surface area contributed by atoms with Crippen LogP contribution in [0.4, 0.5) is 23.2 Å². The fourth-order valence-electron chi connectivity index (χ4n) is 4.35. The summed E-state index contributed by atoms with van der Waals surface area (Å²) in [4.78, 5) is 12.3. The zero-order valence-electron chi connectivity index (χ0n) is 19.2. The van der Waals surface area contributed by atoms with E-state index < -0.39 is 37.4 Å². The summed E-state index contributed by atoms with van der Waals surface area (Å²) in [6.45, 7) is 3.25. The lowest BCUT2D eigenvalue weighted by molar-refractivity contribution is -0.112. The van der Waals surface area contributed by atoms with E-state index in [0.29, 0.717) is 23.1 Å². The Hall–Kier alpha value is -3.66. The number of aliphatic hydroxyl groups is 1. The van der Waals surface area contributed by atoms with Gasteiger partial charge in [-0.2, -0.15) is 13.2 Å². The van der Waals surface area contributed by atoms with E-state index in [9.17, 15) is 35.9 Å². The standard InChI is InChI=1S/C26H21F4NO4S/c1-15-13-18(36(34,35)26(28,29)30)10-11-22(15)31-24(33)19-14-21(16-6-8-17(27)9-7-16)25(2)12-4-3-5-20(25)23(19)32/h3-11,13-14,32H,12H2,1-2H3,(H,31,33). The summed E-state index contributed by atoms with van der Waals surface area (Å²) in [5.41, 5.74) is -4.29. The van der Waals surface area contributed by atoms with Crippen LogP contribution in [0, 0.1) is 18.2 Å². The molecule has 10 heteroatoms. The molecular formula is C26H21F4NO4S. The number of carbonyl (C=O) groups is 1. The first-order valence-corrected chi connectivity index (χ1v) is 12.3. The van der Waals surface area contributed by atoms with Gasteiger partial charge in [0, 0.05) is 16.7 Å². The predicted molar refractivity (Wildman–Crippen MR) is 127 cm³/mol. The first-order valence-electron chi connectivity index (χ1n) is 10.8. The Labute approximate surface area is 205 Å². The number of allylic oxidation sites excluding steroid dienone is 5. The number of nitrogens with one attached hydrogen (secondary N) is 1. The van der Waals surface area contributed by atoms with Crippen molar-refractivity contribution >= 4 is 27.0 Å². The van der Waals surface area contributed by atoms with E-state index in [1.807, 2.05) is 13.0 Å². The average molecular weight is 520 g/mol. The van der Waals surface area contributed by atoms with Crippen molar-refractivity contribution in [1.29, 1.82) is 0 Å². The number of hydrogen-bond donors (Lipinski definition) is 2. The minimum absolute atomic E-state index is 0.0732. The zero-order chi connectivity index (χ0) is 26.5. The highest BCUT2D eigenvalue weighted by Crippen LogP contribution is 2.52. The minimum Gasteiger partial charge on any atom is -0.507 e. The molecule has 5 nitrogen and oxygen atoms in total. The molecule has 36 heavy (non-hydrogen) atoms. The molecule has 2 aliphatic carbocycles. The highest BCUT2D eigenvalue weighted by Gasteiger charge is 2.47. The van der Waals surface area contributed by atoms with Gasteiger partial charge in [-0.25, -0.2) is 12.8 Å². The van der Waals surface area contributed by atoms with E-state index in [4.69, 9.17) is 0 Å². The summed E-state index contributed by atoms with van der Waals surface area (Å²) in [6, 6.07) is 8.36. The third kappa shape index (κ3) is 4.26. The number of fused-ring (bicyclic) bond motifs is 1. The maximum Gasteiger partial charge on any atom is 0.501 e. The van der Waals surface area contributed by atoms with E-state index in [0.717, 1.165) is 18.2 Å². The van der Waals surface area contributed by atoms with Gasteiger partial charge < -0.3 is 10.4 Å². The monoisotopic (exact) mass is 519 g/mol. The van der Waals surface area contributed by atoms with Gasteiger partial charge in [-0.3, -0.25) is 4.79 Å². The Morgan fingerprint density at radius 1 is 1.08 bits per heavy atom. The summed E-state index contributed by atoms with van der Waals surface area (Å²) >= 11 is 0. The van der Waals surface area contributed by atoms with Gasteiger partial charge in [-0.1, -0.05) is 37.3 Å². The number of hydrogen-bond acceptors (Lipinski definition) is 4. The molecule has 1 amide bonds. The first-order chi connectivity index (χ1) is 16.8. The summed E-state index contributed by atoms with van der Waals surface area (Å²) in [7, 11) is -5.55. The van der Waals surface area contributed by atoms with Gasteiger partial charge in [0.05, 0.1) is 10.5 Å². The number of aliphatic hydroxyl groups excluding tert-OH is 1. The molecule has 0 bridgehead atoms. The third-order valence-corrected chi connectivity index (χ3v) is 7.86. The van der Waals surface area contributed by atoms with E-state index >= 15 is 0 Å². The van der Waals surface area contributed by atoms with Gasteiger partial charge in [0.15, 0.2) is 0 Å². The van der Waals surface area contributed by atoms with Crippen molar-refractivity contribution in [1.82, 2.24) is 0 Å². The van der Waals surface area contributed by atoms with E-state index in [1.54, 1.807) is 24.3 Å². The highest BCUT2D eigenvalue weighted by molar-refractivity contribution is 7.92. The Morgan fingerprint density at radius 3 is 2.36 bits per heavy atom. The van der Waals surface area contributed by atoms with Crippen LogP contribution in [0.1, 0.15) is 24.5 Å². The first kappa shape index (κ1) is 25.4. The third-order valence-electron chi connectivity index (χ3n) is 6.37. The van der Waals surface area contributed by atoms with Crippen molar-refractivity contribution in [3.8, 4) is 0 Å². The summed E-state index contributed by atoms with van der Waals surface area (Å²) in [5.74, 6) is -1.44. The molecule has 2 aliphatic rings. The van der Waals surface area contributed by atoms with Gasteiger partial charge in [0.1, 0.15) is 11.6 Å². The smallest absolute Gasteiger partial charge is 0.501 e. The molecule has 0 aromatic heterocycles. The van der Waals surface area contributed by atoms with Crippen LogP contribution in [-0.2, 0) is 14.6 Å². The van der Waals surface area contributed by atoms with Crippen LogP contribution in [0.5, 0.6) is 0 Å². The molecule has 0 saturated carbocycles. The quantitative estimate of drug-likeness (QED) is 0.474. The van der Waals surface area contributed by atoms with Crippen LogP contribution in [-0.4, -0.2) is 24.9 Å². The van der Waals surface area contributed by atoms with Crippen molar-refractivity contribution in [2.75, 3.05) is 5.32 Å². The molecule has 2 aromatic rings. The van der Waals surface area contributed by atoms with E-state index in [1.165, 1.54) is 25.1 Å². The maximum atomic E-state index is 13.5. The number of aryl methyl sites for hydroxylation is 1. The Balaban J connectivity index is 1.73. The van der Waals surface area contributed by atoms with Gasteiger partial charge in [0.25, 0.3) is 15.7 Å². The molecule has 0 spiro atoms. The van der Waals surface area contributed by atoms with Crippen molar-refractivity contribution < 1.29 is 35.9 Å². The average Bonchev–Trinajstić information content (AvgIpc) is 2.80. The number of sulfone groups is 1. The molecule has 4 rings (SSSR count). The van der Waals surface area contributed by atoms with Gasteiger partial charge >= 0.3 is 5.51 Å². The molecule has 0 aliphatic heterocycles. The number of rotatable bonds is 4. The topological polar surface area (TPSA) is 83.5 Å². The normalized spacial score (nSPS) is 19.9. The molecule has 1 atom stereocenters. The molecule has 2 N–H and O–H groups in total. The number of anilines is 1. The lowest BCUT2D eigenvalue weighted by Crippen LogP contribution is -2.30. The number of halogens is 4. The van der Waals surface area contributed by atoms with Crippen LogP contribution in [0.15, 0.2) is 88.6 Å². The van der Waals surface area contributed by atoms with E-state index in [2.05, 4.69) is 5.32 Å². The summed E-state index contributed by atoms with van der Waals surface area (Å²) in [6.07, 6.45) is 7.38. The number of amides is 1. The molecule has 2 aromatic carbocycles. The maximum absolute atomic E-state index is 13.5. The van der Waals surface area contributed by atoms with Gasteiger partial charge in [-0.15, -0.1) is 0 Å². The predicted octanol–water partition coefficient (Wildman–Crippen LogP) is 6.17. The Kier molecular flexibility index (Phi) is 6.20. The number of benzene rings is 2. The Bertz CT molecular complexity index is 1480. The molecule has 0 radical (unpaired) electrons. The van der Waals surface area contributed by atoms with Crippen molar-refractivity contribution in [2.24, 2.45) is 5.41 Å². The number of alkyl halides is 3. The molecular weight excluding hydrogens is 498 g/mol. The van der Waals surface area contributed by atoms with Gasteiger partial charge in [-0.05, 0) is 66.5 Å². The number of carbonyl (C=O) groups excluding carboxylic acids is 1. The summed E-state index contributed by atoms with van der Waals surface area (Å²) < 4.78 is 75.6. The second-order valence-electron chi connectivity index (χ2n) is 8.75. The molecule has 1 unspecified atom stereocenters. The second kappa shape index (κ2) is 8.77. The van der Waals surface area contributed by atoms with Crippen LogP contribution in [0.3, 0.4) is 0 Å². The van der Waals surface area contributed by atoms with Crippen molar-refractivity contribution in [3.63, 3.8) is 0 Å². The minimum atomic E-state index is -5.55.